The number of hydrogen-bond donors (Lipinski definition) is 0. The quantitative estimate of drug-likeness (QED) is 0.561. The van der Waals surface area contributed by atoms with Crippen LogP contribution in [0, 0.1) is 5.25 Å². The van der Waals surface area contributed by atoms with Gasteiger partial charge in [-0.15, -0.1) is 0 Å². The molecule has 0 aromatic carbocycles. The fourth-order valence-electron chi connectivity index (χ4n) is 0.885. The van der Waals surface area contributed by atoms with Gasteiger partial charge >= 0.3 is 0 Å². The molecule has 0 aliphatic heterocycles. The molecule has 0 aromatic rings. The molecule has 0 aromatic heterocycles. The largest absolute Gasteiger partial charge is 0.162 e. The van der Waals surface area contributed by atoms with Crippen LogP contribution in [0.1, 0.15) is 33.6 Å². The van der Waals surface area contributed by atoms with Crippen LogP contribution in [0.5, 0.6) is 0 Å². The molecule has 67 valence electrons. The molecule has 0 saturated carbocycles. The zero-order chi connectivity index (χ0) is 8.53. The Morgan fingerprint density at radius 2 is 1.82 bits per heavy atom. The minimum absolute atomic E-state index is 1.24. The Kier molecular flexibility index (Phi) is 9.35. The molecule has 0 bridgehead atoms. The highest BCUT2D eigenvalue weighted by atomic mass is 32.2. The lowest BCUT2D eigenvalue weighted by Gasteiger charge is -2.10. The van der Waals surface area contributed by atoms with Crippen molar-refractivity contribution in [1.82, 2.24) is 0 Å². The van der Waals surface area contributed by atoms with Crippen molar-refractivity contribution in [1.29, 1.82) is 0 Å². The fraction of sp³-hybridized carbons (Fsp3) is 0.889. The third kappa shape index (κ3) is 7.07. The van der Waals surface area contributed by atoms with Gasteiger partial charge in [0.2, 0.25) is 0 Å². The Bertz CT molecular complexity index is 74.0. The van der Waals surface area contributed by atoms with E-state index in [-0.39, 0.29) is 0 Å². The summed E-state index contributed by atoms with van der Waals surface area (Å²) in [5, 5.41) is 1.67. The summed E-state index contributed by atoms with van der Waals surface area (Å²) >= 11 is 4.07. The van der Waals surface area contributed by atoms with Gasteiger partial charge in [0, 0.05) is 5.25 Å². The van der Waals surface area contributed by atoms with Gasteiger partial charge < -0.3 is 0 Å². The standard InChI is InChI=1S/C9H19S2/c1-4-9(11-6-3)7-8-10-5-2/h4-8H2,1-3H3. The van der Waals surface area contributed by atoms with Crippen molar-refractivity contribution in [3.8, 4) is 0 Å². The van der Waals surface area contributed by atoms with Gasteiger partial charge in [-0.3, -0.25) is 0 Å². The predicted molar refractivity (Wildman–Crippen MR) is 59.3 cm³/mol. The highest BCUT2D eigenvalue weighted by molar-refractivity contribution is 8.02. The van der Waals surface area contributed by atoms with E-state index in [0.717, 1.165) is 0 Å². The van der Waals surface area contributed by atoms with Crippen molar-refractivity contribution in [2.45, 2.75) is 33.6 Å². The van der Waals surface area contributed by atoms with E-state index in [9.17, 15) is 0 Å². The monoisotopic (exact) mass is 191 g/mol. The molecule has 0 atom stereocenters. The minimum Gasteiger partial charge on any atom is -0.162 e. The molecule has 0 rings (SSSR count). The molecule has 0 heterocycles. The molecular weight excluding hydrogens is 172 g/mol. The summed E-state index contributed by atoms with van der Waals surface area (Å²) in [5.74, 6) is 3.81. The van der Waals surface area contributed by atoms with E-state index < -0.39 is 0 Å². The fourth-order valence-corrected chi connectivity index (χ4v) is 2.55. The van der Waals surface area contributed by atoms with Gasteiger partial charge in [-0.2, -0.15) is 23.5 Å². The maximum atomic E-state index is 2.26. The molecule has 0 aliphatic carbocycles. The van der Waals surface area contributed by atoms with Crippen LogP contribution in [-0.4, -0.2) is 17.3 Å². The Labute approximate surface area is 79.9 Å². The van der Waals surface area contributed by atoms with Crippen molar-refractivity contribution in [2.24, 2.45) is 0 Å². The molecule has 2 heteroatoms. The summed E-state index contributed by atoms with van der Waals surface area (Å²) in [5.41, 5.74) is 0. The molecule has 0 spiro atoms. The average molecular weight is 191 g/mol. The third-order valence-corrected chi connectivity index (χ3v) is 3.56. The minimum atomic E-state index is 1.24. The molecular formula is C9H19S2. The summed E-state index contributed by atoms with van der Waals surface area (Å²) in [4.78, 5) is 0. The van der Waals surface area contributed by atoms with Gasteiger partial charge in [0.05, 0.1) is 0 Å². The molecule has 0 aliphatic rings. The Balaban J connectivity index is 3.20. The van der Waals surface area contributed by atoms with E-state index in [1.54, 1.807) is 5.25 Å². The molecule has 0 amide bonds. The Morgan fingerprint density at radius 1 is 1.09 bits per heavy atom. The number of rotatable bonds is 7. The van der Waals surface area contributed by atoms with Gasteiger partial charge in [-0.05, 0) is 30.1 Å². The number of thioether (sulfide) groups is 2. The first-order valence-corrected chi connectivity index (χ1v) is 6.54. The van der Waals surface area contributed by atoms with E-state index in [4.69, 9.17) is 0 Å². The van der Waals surface area contributed by atoms with Gasteiger partial charge in [0.1, 0.15) is 0 Å². The summed E-state index contributed by atoms with van der Waals surface area (Å²) < 4.78 is 0. The van der Waals surface area contributed by atoms with Crippen molar-refractivity contribution in [3.05, 3.63) is 5.25 Å². The normalized spacial score (nSPS) is 10.9. The lowest BCUT2D eigenvalue weighted by molar-refractivity contribution is 0.940. The van der Waals surface area contributed by atoms with Crippen LogP contribution >= 0.6 is 23.5 Å². The second-order valence-corrected chi connectivity index (χ2v) is 5.11. The van der Waals surface area contributed by atoms with E-state index in [2.05, 4.69) is 20.8 Å². The maximum Gasteiger partial charge on any atom is 0.0312 e. The van der Waals surface area contributed by atoms with E-state index in [0.29, 0.717) is 0 Å². The van der Waals surface area contributed by atoms with E-state index in [1.165, 1.54) is 30.1 Å². The summed E-state index contributed by atoms with van der Waals surface area (Å²) in [6, 6.07) is 0. The second-order valence-electron chi connectivity index (χ2n) is 2.27. The molecule has 0 N–H and O–H groups in total. The molecule has 0 nitrogen and oxygen atoms in total. The molecule has 1 radical (unpaired) electrons. The summed E-state index contributed by atoms with van der Waals surface area (Å²) in [7, 11) is 0. The van der Waals surface area contributed by atoms with Crippen LogP contribution in [0.25, 0.3) is 0 Å². The smallest absolute Gasteiger partial charge is 0.0312 e. The van der Waals surface area contributed by atoms with Crippen LogP contribution in [0.2, 0.25) is 0 Å². The van der Waals surface area contributed by atoms with Crippen LogP contribution in [0.4, 0.5) is 0 Å². The second kappa shape index (κ2) is 8.79. The zero-order valence-corrected chi connectivity index (χ0v) is 9.49. The molecule has 0 unspecified atom stereocenters. The molecule has 11 heavy (non-hydrogen) atoms. The molecule has 0 saturated heterocycles. The van der Waals surface area contributed by atoms with Crippen molar-refractivity contribution < 1.29 is 0 Å². The predicted octanol–water partition coefficient (Wildman–Crippen LogP) is 3.82. The topological polar surface area (TPSA) is 0 Å². The summed E-state index contributed by atoms with van der Waals surface area (Å²) in [6.45, 7) is 6.71. The first-order chi connectivity index (χ1) is 5.35. The summed E-state index contributed by atoms with van der Waals surface area (Å²) in [6.07, 6.45) is 2.57. The van der Waals surface area contributed by atoms with Gasteiger partial charge in [-0.1, -0.05) is 20.8 Å². The Hall–Kier alpha value is 0.700. The SMILES string of the molecule is CCSCC[C](CC)SCC. The lowest BCUT2D eigenvalue weighted by Crippen LogP contribution is -1.93. The van der Waals surface area contributed by atoms with E-state index >= 15 is 0 Å². The van der Waals surface area contributed by atoms with Crippen LogP contribution in [0.15, 0.2) is 0 Å². The van der Waals surface area contributed by atoms with Crippen LogP contribution in [-0.2, 0) is 0 Å². The van der Waals surface area contributed by atoms with Crippen molar-refractivity contribution in [2.75, 3.05) is 17.3 Å². The highest BCUT2D eigenvalue weighted by Crippen LogP contribution is 2.27. The highest BCUT2D eigenvalue weighted by Gasteiger charge is 2.04. The van der Waals surface area contributed by atoms with Gasteiger partial charge in [0.25, 0.3) is 0 Å². The average Bonchev–Trinajstić information content (AvgIpc) is 2.03. The first-order valence-electron chi connectivity index (χ1n) is 4.40. The first kappa shape index (κ1) is 11.7. The maximum absolute atomic E-state index is 2.26. The lowest BCUT2D eigenvalue weighted by atomic mass is 10.3. The van der Waals surface area contributed by atoms with Crippen molar-refractivity contribution >= 4 is 23.5 Å². The Morgan fingerprint density at radius 3 is 2.27 bits per heavy atom. The number of hydrogen-bond acceptors (Lipinski definition) is 2. The molecule has 0 fully saturated rings. The van der Waals surface area contributed by atoms with Crippen LogP contribution < -0.4 is 0 Å². The van der Waals surface area contributed by atoms with Crippen LogP contribution in [0.3, 0.4) is 0 Å². The zero-order valence-electron chi connectivity index (χ0n) is 7.85. The third-order valence-electron chi connectivity index (χ3n) is 1.47. The van der Waals surface area contributed by atoms with E-state index in [1.807, 2.05) is 23.5 Å². The van der Waals surface area contributed by atoms with Crippen molar-refractivity contribution in [3.63, 3.8) is 0 Å². The van der Waals surface area contributed by atoms with Gasteiger partial charge in [-0.25, -0.2) is 0 Å². The van der Waals surface area contributed by atoms with Gasteiger partial charge in [0.15, 0.2) is 0 Å².